The molecule has 0 N–H and O–H groups in total. The second kappa shape index (κ2) is 8.65. The number of hydrogen-bond donors (Lipinski definition) is 0. The first-order chi connectivity index (χ1) is 16.0. The van der Waals surface area contributed by atoms with Crippen LogP contribution in [0.2, 0.25) is 0 Å². The molecule has 0 spiro atoms. The highest BCUT2D eigenvalue weighted by Gasteiger charge is 2.42. The third-order valence-corrected chi connectivity index (χ3v) is 6.77. The number of methoxy groups -OCH3 is 1. The van der Waals surface area contributed by atoms with E-state index in [1.807, 2.05) is 50.2 Å². The lowest BCUT2D eigenvalue weighted by Gasteiger charge is -2.31. The molecule has 172 valence electrons. The van der Waals surface area contributed by atoms with E-state index in [0.717, 1.165) is 35.5 Å². The van der Waals surface area contributed by atoms with Crippen LogP contribution in [0.1, 0.15) is 38.9 Å². The fourth-order valence-corrected chi connectivity index (χ4v) is 4.71. The van der Waals surface area contributed by atoms with Crippen LogP contribution in [0.25, 0.3) is 11.0 Å². The van der Waals surface area contributed by atoms with Gasteiger partial charge in [0.15, 0.2) is 5.43 Å². The largest absolute Gasteiger partial charge is 0.497 e. The van der Waals surface area contributed by atoms with Crippen LogP contribution in [0.4, 0.5) is 0 Å². The van der Waals surface area contributed by atoms with Gasteiger partial charge in [-0.3, -0.25) is 14.5 Å². The smallest absolute Gasteiger partial charge is 0.290 e. The summed E-state index contributed by atoms with van der Waals surface area (Å²) in [6.45, 7) is 8.21. The predicted molar refractivity (Wildman–Crippen MR) is 125 cm³/mol. The number of ether oxygens (including phenoxy) is 2. The quantitative estimate of drug-likeness (QED) is 0.597. The number of carbonyl (C=O) groups excluding carboxylic acids is 1. The third kappa shape index (κ3) is 3.81. The maximum absolute atomic E-state index is 13.7. The van der Waals surface area contributed by atoms with Gasteiger partial charge in [-0.15, -0.1) is 0 Å². The van der Waals surface area contributed by atoms with Crippen molar-refractivity contribution < 1.29 is 18.7 Å². The Morgan fingerprint density at radius 2 is 1.70 bits per heavy atom. The molecule has 0 saturated carbocycles. The molecule has 1 fully saturated rings. The van der Waals surface area contributed by atoms with E-state index in [9.17, 15) is 9.59 Å². The molecule has 3 heterocycles. The maximum atomic E-state index is 13.7. The Morgan fingerprint density at radius 3 is 2.39 bits per heavy atom. The van der Waals surface area contributed by atoms with Crippen molar-refractivity contribution in [2.24, 2.45) is 0 Å². The number of rotatable bonds is 5. The van der Waals surface area contributed by atoms with E-state index >= 15 is 0 Å². The van der Waals surface area contributed by atoms with E-state index in [1.165, 1.54) is 0 Å². The maximum Gasteiger partial charge on any atom is 0.290 e. The van der Waals surface area contributed by atoms with Gasteiger partial charge >= 0.3 is 0 Å². The van der Waals surface area contributed by atoms with E-state index < -0.39 is 6.04 Å². The molecule has 1 amide bonds. The van der Waals surface area contributed by atoms with Crippen LogP contribution in [-0.2, 0) is 4.74 Å². The lowest BCUT2D eigenvalue weighted by atomic mass is 9.97. The Hall–Kier alpha value is -3.16. The van der Waals surface area contributed by atoms with E-state index in [-0.39, 0.29) is 17.1 Å². The Balaban J connectivity index is 1.61. The van der Waals surface area contributed by atoms with E-state index in [2.05, 4.69) is 4.90 Å². The molecule has 2 aliphatic rings. The SMILES string of the molecule is COc1ccc([C@H]2c3c(oc4cc(C)c(C)cc4c3=O)C(=O)N2CCN2CCOCC2)cc1. The number of hydrogen-bond acceptors (Lipinski definition) is 6. The summed E-state index contributed by atoms with van der Waals surface area (Å²) in [6, 6.07) is 10.8. The molecule has 2 aromatic carbocycles. The second-order valence-electron chi connectivity index (χ2n) is 8.73. The Labute approximate surface area is 192 Å². The van der Waals surface area contributed by atoms with E-state index in [0.29, 0.717) is 42.8 Å². The highest BCUT2D eigenvalue weighted by molar-refractivity contribution is 5.99. The van der Waals surface area contributed by atoms with Crippen molar-refractivity contribution in [3.63, 3.8) is 0 Å². The molecule has 1 saturated heterocycles. The molecular weight excluding hydrogens is 420 g/mol. The van der Waals surface area contributed by atoms with Crippen LogP contribution in [0.5, 0.6) is 5.75 Å². The topological polar surface area (TPSA) is 72.2 Å². The van der Waals surface area contributed by atoms with Gasteiger partial charge in [-0.05, 0) is 54.8 Å². The van der Waals surface area contributed by atoms with Crippen LogP contribution in [0.3, 0.4) is 0 Å². The first kappa shape index (κ1) is 21.7. The van der Waals surface area contributed by atoms with Crippen molar-refractivity contribution in [3.8, 4) is 5.75 Å². The molecule has 0 radical (unpaired) electrons. The van der Waals surface area contributed by atoms with Crippen molar-refractivity contribution in [2.45, 2.75) is 19.9 Å². The van der Waals surface area contributed by atoms with Gasteiger partial charge < -0.3 is 18.8 Å². The summed E-state index contributed by atoms with van der Waals surface area (Å²) in [4.78, 5) is 31.3. The zero-order valence-corrected chi connectivity index (χ0v) is 19.2. The number of nitrogens with zero attached hydrogens (tertiary/aromatic N) is 2. The van der Waals surface area contributed by atoms with Crippen LogP contribution in [-0.4, -0.2) is 62.2 Å². The number of morpholine rings is 1. The zero-order chi connectivity index (χ0) is 23.1. The van der Waals surface area contributed by atoms with Crippen molar-refractivity contribution in [1.29, 1.82) is 0 Å². The van der Waals surface area contributed by atoms with Crippen LogP contribution in [0.15, 0.2) is 45.6 Å². The number of aryl methyl sites for hydroxylation is 2. The fraction of sp³-hybridized carbons (Fsp3) is 0.385. The number of carbonyl (C=O) groups is 1. The summed E-state index contributed by atoms with van der Waals surface area (Å²) in [5, 5.41) is 0.512. The molecule has 7 nitrogen and oxygen atoms in total. The molecule has 5 rings (SSSR count). The number of fused-ring (bicyclic) bond motifs is 2. The molecule has 33 heavy (non-hydrogen) atoms. The molecular formula is C26H28N2O5. The predicted octanol–water partition coefficient (Wildman–Crippen LogP) is 3.30. The number of benzene rings is 2. The minimum Gasteiger partial charge on any atom is -0.497 e. The summed E-state index contributed by atoms with van der Waals surface area (Å²) >= 11 is 0. The van der Waals surface area contributed by atoms with Crippen molar-refractivity contribution in [1.82, 2.24) is 9.80 Å². The highest BCUT2D eigenvalue weighted by atomic mass is 16.5. The molecule has 0 bridgehead atoms. The summed E-state index contributed by atoms with van der Waals surface area (Å²) in [5.74, 6) is 0.634. The third-order valence-electron chi connectivity index (χ3n) is 6.77. The van der Waals surface area contributed by atoms with Crippen LogP contribution in [0, 0.1) is 13.8 Å². The van der Waals surface area contributed by atoms with Gasteiger partial charge in [0.25, 0.3) is 5.91 Å². The van der Waals surface area contributed by atoms with Crippen LogP contribution < -0.4 is 10.2 Å². The lowest BCUT2D eigenvalue weighted by molar-refractivity contribution is 0.0314. The van der Waals surface area contributed by atoms with Crippen molar-refractivity contribution in [2.75, 3.05) is 46.5 Å². The first-order valence-electron chi connectivity index (χ1n) is 11.3. The van der Waals surface area contributed by atoms with Crippen LogP contribution >= 0.6 is 0 Å². The molecule has 1 atom stereocenters. The standard InChI is InChI=1S/C26H28N2O5/c1-16-14-20-21(15-17(16)2)33-25-22(24(20)29)23(18-4-6-19(31-3)7-5-18)28(26(25)30)9-8-27-10-12-32-13-11-27/h4-7,14-15,23H,8-13H2,1-3H3/t23-/m0/s1. The normalized spacial score (nSPS) is 18.7. The van der Waals surface area contributed by atoms with E-state index in [4.69, 9.17) is 13.9 Å². The van der Waals surface area contributed by atoms with Gasteiger partial charge in [-0.1, -0.05) is 12.1 Å². The zero-order valence-electron chi connectivity index (χ0n) is 19.2. The highest BCUT2D eigenvalue weighted by Crippen LogP contribution is 2.38. The molecule has 1 aromatic heterocycles. The number of amides is 1. The Bertz CT molecular complexity index is 1260. The molecule has 0 aliphatic carbocycles. The molecule has 0 unspecified atom stereocenters. The minimum absolute atomic E-state index is 0.141. The Kier molecular flexibility index (Phi) is 5.68. The molecule has 2 aliphatic heterocycles. The van der Waals surface area contributed by atoms with Gasteiger partial charge in [0.05, 0.1) is 37.3 Å². The van der Waals surface area contributed by atoms with Gasteiger partial charge in [-0.25, -0.2) is 0 Å². The second-order valence-corrected chi connectivity index (χ2v) is 8.73. The average Bonchev–Trinajstić information content (AvgIpc) is 3.11. The molecule has 7 heteroatoms. The summed E-state index contributed by atoms with van der Waals surface area (Å²) in [7, 11) is 1.61. The van der Waals surface area contributed by atoms with Gasteiger partial charge in [0.1, 0.15) is 11.3 Å². The summed E-state index contributed by atoms with van der Waals surface area (Å²) < 4.78 is 16.8. The average molecular weight is 449 g/mol. The summed E-state index contributed by atoms with van der Waals surface area (Å²) in [5.41, 5.74) is 3.63. The van der Waals surface area contributed by atoms with Crippen molar-refractivity contribution >= 4 is 16.9 Å². The van der Waals surface area contributed by atoms with Gasteiger partial charge in [0.2, 0.25) is 5.76 Å². The Morgan fingerprint density at radius 1 is 1.00 bits per heavy atom. The monoisotopic (exact) mass is 448 g/mol. The lowest BCUT2D eigenvalue weighted by Crippen LogP contribution is -2.42. The minimum atomic E-state index is -0.498. The summed E-state index contributed by atoms with van der Waals surface area (Å²) in [6.07, 6.45) is 0. The van der Waals surface area contributed by atoms with E-state index in [1.54, 1.807) is 12.0 Å². The van der Waals surface area contributed by atoms with Gasteiger partial charge in [0, 0.05) is 26.2 Å². The van der Waals surface area contributed by atoms with Gasteiger partial charge in [-0.2, -0.15) is 0 Å². The van der Waals surface area contributed by atoms with Crippen molar-refractivity contribution in [3.05, 3.63) is 74.6 Å². The first-order valence-corrected chi connectivity index (χ1v) is 11.3. The molecule has 3 aromatic rings. The fourth-order valence-electron chi connectivity index (χ4n) is 4.71.